The molecule has 0 N–H and O–H groups in total. The summed E-state index contributed by atoms with van der Waals surface area (Å²) in [6.45, 7) is -0.212. The predicted molar refractivity (Wildman–Crippen MR) is 109 cm³/mol. The van der Waals surface area contributed by atoms with Gasteiger partial charge in [0.1, 0.15) is 11.8 Å². The molecular formula is C20H16ClN3O3S. The van der Waals surface area contributed by atoms with Crippen molar-refractivity contribution in [3.05, 3.63) is 81.4 Å². The molecule has 28 heavy (non-hydrogen) atoms. The molecule has 3 aromatic rings. The minimum Gasteiger partial charge on any atom is -0.467 e. The van der Waals surface area contributed by atoms with Gasteiger partial charge in [-0.3, -0.25) is 4.79 Å². The molecule has 4 rings (SSSR count). The molecule has 0 radical (unpaired) electrons. The average Bonchev–Trinajstić information content (AvgIpc) is 3.47. The van der Waals surface area contributed by atoms with E-state index in [-0.39, 0.29) is 18.6 Å². The fourth-order valence-corrected chi connectivity index (χ4v) is 3.57. The standard InChI is InChI=1S/C20H16ClN3O3S/c21-15-7-5-14(6-8-15)17-11-18(19-4-1-9-26-19)24(23-17)20(25)13-27-22-12-16-3-2-10-28-16/h1-10,12,18H,11,13H2/b22-12+. The highest BCUT2D eigenvalue weighted by atomic mass is 35.5. The summed E-state index contributed by atoms with van der Waals surface area (Å²) in [4.78, 5) is 18.8. The number of oxime groups is 1. The maximum atomic E-state index is 12.7. The number of hydrazone groups is 1. The number of halogens is 1. The van der Waals surface area contributed by atoms with Gasteiger partial charge in [0.15, 0.2) is 6.61 Å². The van der Waals surface area contributed by atoms with E-state index in [0.29, 0.717) is 17.2 Å². The summed E-state index contributed by atoms with van der Waals surface area (Å²) in [5.74, 6) is 0.372. The van der Waals surface area contributed by atoms with Crippen LogP contribution in [0.2, 0.25) is 5.02 Å². The first-order valence-corrected chi connectivity index (χ1v) is 9.84. The molecule has 1 atom stereocenters. The molecule has 0 fully saturated rings. The number of benzene rings is 1. The van der Waals surface area contributed by atoms with Crippen LogP contribution in [0.25, 0.3) is 0 Å². The molecule has 6 nitrogen and oxygen atoms in total. The number of carbonyl (C=O) groups excluding carboxylic acids is 1. The topological polar surface area (TPSA) is 67.4 Å². The Morgan fingerprint density at radius 3 is 2.89 bits per heavy atom. The lowest BCUT2D eigenvalue weighted by Crippen LogP contribution is -2.29. The first-order chi connectivity index (χ1) is 13.7. The normalized spacial score (nSPS) is 16.5. The van der Waals surface area contributed by atoms with Crippen molar-refractivity contribution in [1.82, 2.24) is 5.01 Å². The second-order valence-electron chi connectivity index (χ2n) is 6.05. The van der Waals surface area contributed by atoms with Gasteiger partial charge in [-0.1, -0.05) is 35.0 Å². The van der Waals surface area contributed by atoms with Crippen LogP contribution in [0.4, 0.5) is 0 Å². The number of amides is 1. The van der Waals surface area contributed by atoms with E-state index < -0.39 is 0 Å². The van der Waals surface area contributed by atoms with Crippen LogP contribution in [0, 0.1) is 0 Å². The van der Waals surface area contributed by atoms with Gasteiger partial charge in [-0.25, -0.2) is 5.01 Å². The largest absolute Gasteiger partial charge is 0.467 e. The lowest BCUT2D eigenvalue weighted by atomic mass is 10.0. The number of hydrogen-bond acceptors (Lipinski definition) is 6. The summed E-state index contributed by atoms with van der Waals surface area (Å²) in [5, 5.41) is 12.4. The summed E-state index contributed by atoms with van der Waals surface area (Å²) >= 11 is 7.50. The van der Waals surface area contributed by atoms with Crippen molar-refractivity contribution in [2.24, 2.45) is 10.3 Å². The van der Waals surface area contributed by atoms with Gasteiger partial charge in [0.2, 0.25) is 0 Å². The van der Waals surface area contributed by atoms with E-state index in [1.54, 1.807) is 30.7 Å². The molecule has 1 aliphatic rings. The number of carbonyl (C=O) groups is 1. The average molecular weight is 414 g/mol. The van der Waals surface area contributed by atoms with Crippen molar-refractivity contribution in [1.29, 1.82) is 0 Å². The molecule has 0 spiro atoms. The molecule has 0 saturated carbocycles. The molecule has 0 bridgehead atoms. The van der Waals surface area contributed by atoms with Gasteiger partial charge in [-0.2, -0.15) is 5.10 Å². The third kappa shape index (κ3) is 4.16. The molecule has 1 unspecified atom stereocenters. The van der Waals surface area contributed by atoms with Crippen LogP contribution in [0.5, 0.6) is 0 Å². The highest BCUT2D eigenvalue weighted by Crippen LogP contribution is 2.33. The first kappa shape index (κ1) is 18.5. The predicted octanol–water partition coefficient (Wildman–Crippen LogP) is 4.72. The van der Waals surface area contributed by atoms with Crippen molar-refractivity contribution in [2.75, 3.05) is 6.61 Å². The monoisotopic (exact) mass is 413 g/mol. The molecule has 1 amide bonds. The zero-order chi connectivity index (χ0) is 19.3. The van der Waals surface area contributed by atoms with E-state index in [9.17, 15) is 4.79 Å². The van der Waals surface area contributed by atoms with Crippen molar-refractivity contribution >= 4 is 40.8 Å². The number of hydrogen-bond donors (Lipinski definition) is 0. The van der Waals surface area contributed by atoms with E-state index in [1.807, 2.05) is 35.7 Å². The molecule has 1 aliphatic heterocycles. The Hall–Kier alpha value is -2.90. The van der Waals surface area contributed by atoms with Crippen molar-refractivity contribution in [3.8, 4) is 0 Å². The van der Waals surface area contributed by atoms with Crippen LogP contribution in [-0.2, 0) is 9.63 Å². The summed E-state index contributed by atoms with van der Waals surface area (Å²) in [7, 11) is 0. The molecule has 142 valence electrons. The Labute approximate surface area is 170 Å². The van der Waals surface area contributed by atoms with Gasteiger partial charge < -0.3 is 9.25 Å². The van der Waals surface area contributed by atoms with Crippen molar-refractivity contribution in [3.63, 3.8) is 0 Å². The molecule has 1 aromatic carbocycles. The molecule has 3 heterocycles. The maximum absolute atomic E-state index is 12.7. The Kier molecular flexibility index (Phi) is 5.55. The van der Waals surface area contributed by atoms with Gasteiger partial charge in [-0.05, 0) is 41.3 Å². The number of furan rings is 1. The van der Waals surface area contributed by atoms with Crippen LogP contribution in [0.1, 0.15) is 28.7 Å². The van der Waals surface area contributed by atoms with E-state index in [2.05, 4.69) is 10.3 Å². The van der Waals surface area contributed by atoms with E-state index in [4.69, 9.17) is 20.9 Å². The number of nitrogens with zero attached hydrogens (tertiary/aromatic N) is 3. The van der Waals surface area contributed by atoms with Crippen LogP contribution < -0.4 is 0 Å². The molecule has 0 aliphatic carbocycles. The Balaban J connectivity index is 1.49. The van der Waals surface area contributed by atoms with Gasteiger partial charge in [-0.15, -0.1) is 11.3 Å². The third-order valence-corrected chi connectivity index (χ3v) is 5.26. The highest BCUT2D eigenvalue weighted by molar-refractivity contribution is 7.11. The number of thiophene rings is 1. The van der Waals surface area contributed by atoms with Crippen LogP contribution in [-0.4, -0.2) is 29.4 Å². The summed E-state index contributed by atoms with van der Waals surface area (Å²) < 4.78 is 5.52. The van der Waals surface area contributed by atoms with Crippen molar-refractivity contribution in [2.45, 2.75) is 12.5 Å². The number of rotatable bonds is 6. The van der Waals surface area contributed by atoms with Crippen LogP contribution >= 0.6 is 22.9 Å². The Morgan fingerprint density at radius 1 is 1.32 bits per heavy atom. The minimum atomic E-state index is -0.321. The summed E-state index contributed by atoms with van der Waals surface area (Å²) in [6, 6.07) is 14.5. The second-order valence-corrected chi connectivity index (χ2v) is 7.47. The third-order valence-electron chi connectivity index (χ3n) is 4.20. The zero-order valence-electron chi connectivity index (χ0n) is 14.7. The van der Waals surface area contributed by atoms with Crippen molar-refractivity contribution < 1.29 is 14.0 Å². The molecule has 2 aromatic heterocycles. The van der Waals surface area contributed by atoms with Gasteiger partial charge in [0.05, 0.1) is 18.2 Å². The Bertz CT molecular complexity index is 982. The lowest BCUT2D eigenvalue weighted by Gasteiger charge is -2.19. The minimum absolute atomic E-state index is 0.212. The Morgan fingerprint density at radius 2 is 2.18 bits per heavy atom. The summed E-state index contributed by atoms with van der Waals surface area (Å²) in [6.07, 6.45) is 3.70. The van der Waals surface area contributed by atoms with E-state index in [0.717, 1.165) is 16.2 Å². The zero-order valence-corrected chi connectivity index (χ0v) is 16.3. The second kappa shape index (κ2) is 8.41. The van der Waals surface area contributed by atoms with Gasteiger partial charge in [0, 0.05) is 16.3 Å². The summed E-state index contributed by atoms with van der Waals surface area (Å²) in [5.41, 5.74) is 1.70. The first-order valence-electron chi connectivity index (χ1n) is 8.58. The van der Waals surface area contributed by atoms with Crippen LogP contribution in [0.15, 0.2) is 74.8 Å². The molecule has 8 heteroatoms. The maximum Gasteiger partial charge on any atom is 0.284 e. The van der Waals surface area contributed by atoms with E-state index in [1.165, 1.54) is 16.3 Å². The fraction of sp³-hybridized carbons (Fsp3) is 0.150. The molecular weight excluding hydrogens is 398 g/mol. The van der Waals surface area contributed by atoms with E-state index >= 15 is 0 Å². The quantitative estimate of drug-likeness (QED) is 0.433. The van der Waals surface area contributed by atoms with Gasteiger partial charge in [0.25, 0.3) is 5.91 Å². The lowest BCUT2D eigenvalue weighted by molar-refractivity contribution is -0.138. The molecule has 0 saturated heterocycles. The van der Waals surface area contributed by atoms with Gasteiger partial charge >= 0.3 is 0 Å². The highest BCUT2D eigenvalue weighted by Gasteiger charge is 2.35. The smallest absolute Gasteiger partial charge is 0.284 e. The SMILES string of the molecule is O=C(CO/N=C/c1cccs1)N1N=C(c2ccc(Cl)cc2)CC1c1ccco1. The fourth-order valence-electron chi connectivity index (χ4n) is 2.87. The van der Waals surface area contributed by atoms with Crippen LogP contribution in [0.3, 0.4) is 0 Å².